The zero-order valence-corrected chi connectivity index (χ0v) is 12.1. The molecule has 0 aliphatic carbocycles. The van der Waals surface area contributed by atoms with E-state index in [0.29, 0.717) is 11.2 Å². The minimum absolute atomic E-state index is 0.478. The van der Waals surface area contributed by atoms with E-state index >= 15 is 0 Å². The second kappa shape index (κ2) is 6.22. The summed E-state index contributed by atoms with van der Waals surface area (Å²) < 4.78 is 0. The summed E-state index contributed by atoms with van der Waals surface area (Å²) in [6.45, 7) is 6.40. The Morgan fingerprint density at radius 2 is 1.83 bits per heavy atom. The summed E-state index contributed by atoms with van der Waals surface area (Å²) in [5.74, 6) is 1.48. The summed E-state index contributed by atoms with van der Waals surface area (Å²) in [5.41, 5.74) is 0. The standard InChI is InChI=1S/C12H21N5S/c1-9(2)18-12-15-10(13-3)14-11(16-12)17-7-5-4-6-8-17/h9H,4-8H2,1-3H3,(H,13,14,15,16). The Kier molecular flexibility index (Phi) is 4.63. The van der Waals surface area contributed by atoms with E-state index in [4.69, 9.17) is 0 Å². The van der Waals surface area contributed by atoms with E-state index in [2.05, 4.69) is 39.0 Å². The van der Waals surface area contributed by atoms with Crippen LogP contribution in [0.2, 0.25) is 0 Å². The summed E-state index contributed by atoms with van der Waals surface area (Å²) in [4.78, 5) is 15.7. The molecule has 18 heavy (non-hydrogen) atoms. The van der Waals surface area contributed by atoms with Gasteiger partial charge in [-0.15, -0.1) is 0 Å². The molecule has 0 aromatic carbocycles. The molecule has 1 aromatic rings. The smallest absolute Gasteiger partial charge is 0.231 e. The van der Waals surface area contributed by atoms with E-state index in [0.717, 1.165) is 24.2 Å². The zero-order valence-electron chi connectivity index (χ0n) is 11.3. The first kappa shape index (κ1) is 13.4. The van der Waals surface area contributed by atoms with Crippen molar-refractivity contribution < 1.29 is 0 Å². The molecule has 1 aromatic heterocycles. The van der Waals surface area contributed by atoms with Crippen molar-refractivity contribution in [3.63, 3.8) is 0 Å². The number of anilines is 2. The highest BCUT2D eigenvalue weighted by molar-refractivity contribution is 7.99. The topological polar surface area (TPSA) is 53.9 Å². The van der Waals surface area contributed by atoms with Crippen LogP contribution in [0.3, 0.4) is 0 Å². The number of nitrogens with zero attached hydrogens (tertiary/aromatic N) is 4. The molecule has 1 aliphatic rings. The van der Waals surface area contributed by atoms with Gasteiger partial charge in [0.25, 0.3) is 0 Å². The van der Waals surface area contributed by atoms with E-state index in [1.807, 2.05) is 7.05 Å². The lowest BCUT2D eigenvalue weighted by molar-refractivity contribution is 0.565. The molecule has 1 N–H and O–H groups in total. The molecule has 0 radical (unpaired) electrons. The first-order chi connectivity index (χ1) is 8.69. The number of aromatic nitrogens is 3. The Hall–Kier alpha value is -1.04. The molecule has 0 saturated carbocycles. The molecular formula is C12H21N5S. The van der Waals surface area contributed by atoms with Crippen LogP contribution >= 0.6 is 11.8 Å². The van der Waals surface area contributed by atoms with Gasteiger partial charge in [-0.05, 0) is 19.3 Å². The van der Waals surface area contributed by atoms with Crippen molar-refractivity contribution in [2.24, 2.45) is 0 Å². The number of rotatable bonds is 4. The Balaban J connectivity index is 2.22. The summed E-state index contributed by atoms with van der Waals surface area (Å²) in [5, 5.41) is 4.31. The molecule has 2 rings (SSSR count). The van der Waals surface area contributed by atoms with Crippen LogP contribution in [0.25, 0.3) is 0 Å². The van der Waals surface area contributed by atoms with Gasteiger partial charge in [0.05, 0.1) is 0 Å². The van der Waals surface area contributed by atoms with Crippen LogP contribution in [-0.2, 0) is 0 Å². The van der Waals surface area contributed by atoms with E-state index < -0.39 is 0 Å². The van der Waals surface area contributed by atoms with Gasteiger partial charge in [0.15, 0.2) is 5.16 Å². The third-order valence-electron chi connectivity index (χ3n) is 2.81. The summed E-state index contributed by atoms with van der Waals surface area (Å²) in [6.07, 6.45) is 3.77. The first-order valence-corrected chi connectivity index (χ1v) is 7.42. The number of hydrogen-bond donors (Lipinski definition) is 1. The second-order valence-corrected chi connectivity index (χ2v) is 6.25. The maximum absolute atomic E-state index is 4.57. The van der Waals surface area contributed by atoms with Crippen LogP contribution in [0.4, 0.5) is 11.9 Å². The maximum Gasteiger partial charge on any atom is 0.231 e. The van der Waals surface area contributed by atoms with Crippen molar-refractivity contribution in [1.29, 1.82) is 0 Å². The van der Waals surface area contributed by atoms with Crippen LogP contribution in [0.5, 0.6) is 0 Å². The average Bonchev–Trinajstić information content (AvgIpc) is 2.38. The van der Waals surface area contributed by atoms with Crippen molar-refractivity contribution in [2.45, 2.75) is 43.5 Å². The highest BCUT2D eigenvalue weighted by Gasteiger charge is 2.16. The van der Waals surface area contributed by atoms with E-state index in [1.54, 1.807) is 11.8 Å². The molecule has 1 saturated heterocycles. The zero-order chi connectivity index (χ0) is 13.0. The van der Waals surface area contributed by atoms with Gasteiger partial charge >= 0.3 is 0 Å². The van der Waals surface area contributed by atoms with Gasteiger partial charge in [0, 0.05) is 25.4 Å². The minimum atomic E-state index is 0.478. The molecule has 0 bridgehead atoms. The summed E-state index contributed by atoms with van der Waals surface area (Å²) in [7, 11) is 1.85. The summed E-state index contributed by atoms with van der Waals surface area (Å²) in [6, 6.07) is 0. The Bertz CT molecular complexity index is 390. The number of nitrogens with one attached hydrogen (secondary N) is 1. The molecule has 1 fully saturated rings. The van der Waals surface area contributed by atoms with Crippen LogP contribution in [-0.4, -0.2) is 40.3 Å². The molecule has 0 spiro atoms. The van der Waals surface area contributed by atoms with Crippen molar-refractivity contribution in [3.05, 3.63) is 0 Å². The predicted molar refractivity (Wildman–Crippen MR) is 76.4 cm³/mol. The first-order valence-electron chi connectivity index (χ1n) is 6.54. The van der Waals surface area contributed by atoms with Crippen molar-refractivity contribution in [2.75, 3.05) is 30.4 Å². The van der Waals surface area contributed by atoms with Crippen LogP contribution in [0.15, 0.2) is 5.16 Å². The normalized spacial score (nSPS) is 16.1. The highest BCUT2D eigenvalue weighted by Crippen LogP contribution is 2.23. The number of hydrogen-bond acceptors (Lipinski definition) is 6. The third kappa shape index (κ3) is 3.48. The molecule has 0 atom stereocenters. The fourth-order valence-electron chi connectivity index (χ4n) is 1.96. The van der Waals surface area contributed by atoms with Crippen molar-refractivity contribution in [1.82, 2.24) is 15.0 Å². The van der Waals surface area contributed by atoms with Gasteiger partial charge in [-0.1, -0.05) is 25.6 Å². The van der Waals surface area contributed by atoms with E-state index in [9.17, 15) is 0 Å². The SMILES string of the molecule is CNc1nc(SC(C)C)nc(N2CCCCC2)n1. The quantitative estimate of drug-likeness (QED) is 0.845. The second-order valence-electron chi connectivity index (χ2n) is 4.71. The lowest BCUT2D eigenvalue weighted by Gasteiger charge is -2.26. The maximum atomic E-state index is 4.57. The largest absolute Gasteiger partial charge is 0.357 e. The number of thioether (sulfide) groups is 1. The monoisotopic (exact) mass is 267 g/mol. The van der Waals surface area contributed by atoms with Gasteiger partial charge in [-0.25, -0.2) is 0 Å². The Morgan fingerprint density at radius 3 is 2.44 bits per heavy atom. The van der Waals surface area contributed by atoms with Crippen molar-refractivity contribution >= 4 is 23.7 Å². The molecule has 5 nitrogen and oxygen atoms in total. The van der Waals surface area contributed by atoms with Crippen LogP contribution in [0, 0.1) is 0 Å². The van der Waals surface area contributed by atoms with E-state index in [-0.39, 0.29) is 0 Å². The van der Waals surface area contributed by atoms with Gasteiger partial charge in [0.1, 0.15) is 0 Å². The van der Waals surface area contributed by atoms with Crippen molar-refractivity contribution in [3.8, 4) is 0 Å². The highest BCUT2D eigenvalue weighted by atomic mass is 32.2. The van der Waals surface area contributed by atoms with Gasteiger partial charge in [-0.3, -0.25) is 0 Å². The molecule has 2 heterocycles. The molecular weight excluding hydrogens is 246 g/mol. The molecule has 1 aliphatic heterocycles. The van der Waals surface area contributed by atoms with Crippen LogP contribution in [0.1, 0.15) is 33.1 Å². The molecule has 100 valence electrons. The van der Waals surface area contributed by atoms with Gasteiger partial charge < -0.3 is 10.2 Å². The minimum Gasteiger partial charge on any atom is -0.357 e. The van der Waals surface area contributed by atoms with Gasteiger partial charge in [0.2, 0.25) is 11.9 Å². The Morgan fingerprint density at radius 1 is 1.11 bits per heavy atom. The van der Waals surface area contributed by atoms with Crippen LogP contribution < -0.4 is 10.2 Å². The molecule has 0 unspecified atom stereocenters. The Labute approximate surface area is 113 Å². The molecule has 0 amide bonds. The van der Waals surface area contributed by atoms with E-state index in [1.165, 1.54) is 19.3 Å². The predicted octanol–water partition coefficient (Wildman–Crippen LogP) is 2.40. The molecule has 6 heteroatoms. The number of piperidine rings is 1. The average molecular weight is 267 g/mol. The fraction of sp³-hybridized carbons (Fsp3) is 0.750. The fourth-order valence-corrected chi connectivity index (χ4v) is 2.65. The lowest BCUT2D eigenvalue weighted by atomic mass is 10.1. The lowest BCUT2D eigenvalue weighted by Crippen LogP contribution is -2.31. The summed E-state index contributed by atoms with van der Waals surface area (Å²) >= 11 is 1.68. The third-order valence-corrected chi connectivity index (χ3v) is 3.67. The van der Waals surface area contributed by atoms with Gasteiger partial charge in [-0.2, -0.15) is 15.0 Å².